The summed E-state index contributed by atoms with van der Waals surface area (Å²) in [6.45, 7) is 14.4. The minimum atomic E-state index is -2.01. The van der Waals surface area contributed by atoms with Gasteiger partial charge in [0.25, 0.3) is 0 Å². The van der Waals surface area contributed by atoms with Crippen molar-refractivity contribution in [2.75, 3.05) is 6.61 Å². The van der Waals surface area contributed by atoms with Crippen LogP contribution in [0.4, 0.5) is 0 Å². The number of carbonyl (C=O) groups excluding carboxylic acids is 2. The normalized spacial score (nSPS) is 22.5. The first kappa shape index (κ1) is 19.2. The van der Waals surface area contributed by atoms with Crippen molar-refractivity contribution >= 4 is 31.8 Å². The van der Waals surface area contributed by atoms with Crippen molar-refractivity contribution in [3.63, 3.8) is 0 Å². The molecule has 0 aromatic carbocycles. The maximum Gasteiger partial charge on any atom is 0.351 e. The fraction of sp³-hybridized carbons (Fsp3) is 0.733. The van der Waals surface area contributed by atoms with E-state index < -0.39 is 20.2 Å². The van der Waals surface area contributed by atoms with Crippen molar-refractivity contribution in [2.24, 2.45) is 5.92 Å². The van der Waals surface area contributed by atoms with Crippen LogP contribution in [0.2, 0.25) is 18.1 Å². The number of esters is 1. The van der Waals surface area contributed by atoms with Gasteiger partial charge in [0.1, 0.15) is 11.0 Å². The van der Waals surface area contributed by atoms with E-state index >= 15 is 0 Å². The van der Waals surface area contributed by atoms with E-state index in [1.807, 2.05) is 6.92 Å². The number of nitrogens with one attached hydrogen (secondary N) is 1. The molecule has 1 saturated heterocycles. The number of halogens is 1. The minimum Gasteiger partial charge on any atom is -0.462 e. The highest BCUT2D eigenvalue weighted by Crippen LogP contribution is 2.40. The predicted molar refractivity (Wildman–Crippen MR) is 88.9 cm³/mol. The summed E-state index contributed by atoms with van der Waals surface area (Å²) in [5.74, 6) is -1.33. The third-order valence-electron chi connectivity index (χ3n) is 4.30. The molecule has 0 aromatic heterocycles. The minimum absolute atomic E-state index is 0.0380. The second-order valence-electron chi connectivity index (χ2n) is 7.00. The molecule has 7 heteroatoms. The standard InChI is InChI=1S/C15H26ClNO4Si/c1-8-20-14(19)11(16)12-10(13(18)17-12)9(2)21-22(6,7)15(3,4)5/h9-10H,8H2,1-7H3,(H,17,18)/b12-11+/t9-,10-/m1/s1. The molecule has 1 aliphatic heterocycles. The number of hydrogen-bond donors (Lipinski definition) is 1. The van der Waals surface area contributed by atoms with Gasteiger partial charge in [0.2, 0.25) is 5.91 Å². The summed E-state index contributed by atoms with van der Waals surface area (Å²) in [5, 5.41) is 2.55. The summed E-state index contributed by atoms with van der Waals surface area (Å²) in [5.41, 5.74) is 0.399. The highest BCUT2D eigenvalue weighted by atomic mass is 35.5. The Hall–Kier alpha value is -0.853. The van der Waals surface area contributed by atoms with Crippen LogP contribution in [0.1, 0.15) is 34.6 Å². The molecule has 1 amide bonds. The zero-order chi connectivity index (χ0) is 17.3. The molecule has 0 spiro atoms. The summed E-state index contributed by atoms with van der Waals surface area (Å²) in [4.78, 5) is 23.6. The first-order valence-electron chi connectivity index (χ1n) is 7.47. The van der Waals surface area contributed by atoms with Gasteiger partial charge < -0.3 is 14.5 Å². The van der Waals surface area contributed by atoms with Gasteiger partial charge in [0.15, 0.2) is 8.32 Å². The Morgan fingerprint density at radius 1 is 1.41 bits per heavy atom. The fourth-order valence-corrected chi connectivity index (χ4v) is 3.63. The molecule has 0 radical (unpaired) electrons. The predicted octanol–water partition coefficient (Wildman–Crippen LogP) is 3.16. The Balaban J connectivity index is 2.92. The van der Waals surface area contributed by atoms with Crippen molar-refractivity contribution in [3.8, 4) is 0 Å². The fourth-order valence-electron chi connectivity index (χ4n) is 1.99. The molecule has 0 aliphatic carbocycles. The summed E-state index contributed by atoms with van der Waals surface area (Å²) >= 11 is 6.02. The second kappa shape index (κ2) is 6.72. The third-order valence-corrected chi connectivity index (χ3v) is 9.23. The molecule has 0 aromatic rings. The zero-order valence-electron chi connectivity index (χ0n) is 14.4. The van der Waals surface area contributed by atoms with E-state index in [4.69, 9.17) is 20.8 Å². The zero-order valence-corrected chi connectivity index (χ0v) is 16.1. The molecule has 0 bridgehead atoms. The molecule has 1 N–H and O–H groups in total. The van der Waals surface area contributed by atoms with Crippen LogP contribution in [0.15, 0.2) is 10.7 Å². The number of carbonyl (C=O) groups is 2. The molecule has 1 fully saturated rings. The summed E-state index contributed by atoms with van der Waals surface area (Å²) < 4.78 is 11.1. The van der Waals surface area contributed by atoms with Crippen molar-refractivity contribution < 1.29 is 18.8 Å². The maximum absolute atomic E-state index is 11.9. The molecule has 1 rings (SSSR count). The van der Waals surface area contributed by atoms with Gasteiger partial charge in [-0.15, -0.1) is 0 Å². The average Bonchev–Trinajstić information content (AvgIpc) is 2.32. The third kappa shape index (κ3) is 3.91. The molecule has 1 heterocycles. The van der Waals surface area contributed by atoms with Gasteiger partial charge in [-0.25, -0.2) is 4.79 Å². The Kier molecular flexibility index (Phi) is 5.86. The Labute approximate surface area is 138 Å². The van der Waals surface area contributed by atoms with Crippen molar-refractivity contribution in [2.45, 2.75) is 58.9 Å². The Bertz CT molecular complexity index is 496. The topological polar surface area (TPSA) is 64.6 Å². The molecular weight excluding hydrogens is 322 g/mol. The van der Waals surface area contributed by atoms with Gasteiger partial charge in [-0.3, -0.25) is 4.79 Å². The van der Waals surface area contributed by atoms with Gasteiger partial charge in [-0.2, -0.15) is 0 Å². The largest absolute Gasteiger partial charge is 0.462 e. The number of amides is 1. The first-order valence-corrected chi connectivity index (χ1v) is 10.8. The number of β-lactam (4-membered cyclic amide) rings is 1. The van der Waals surface area contributed by atoms with Crippen LogP contribution in [0.5, 0.6) is 0 Å². The van der Waals surface area contributed by atoms with Crippen LogP contribution in [0.3, 0.4) is 0 Å². The SMILES string of the molecule is CCOC(=O)/C(Cl)=C1\NC(=O)[C@@H]1[C@@H](C)O[Si](C)(C)C(C)(C)C. The molecule has 0 saturated carbocycles. The van der Waals surface area contributed by atoms with Crippen LogP contribution in [0, 0.1) is 5.92 Å². The van der Waals surface area contributed by atoms with E-state index in [0.29, 0.717) is 5.70 Å². The lowest BCUT2D eigenvalue weighted by atomic mass is 9.91. The van der Waals surface area contributed by atoms with Gasteiger partial charge >= 0.3 is 5.97 Å². The van der Waals surface area contributed by atoms with Gasteiger partial charge in [-0.05, 0) is 32.0 Å². The average molecular weight is 348 g/mol. The molecule has 0 unspecified atom stereocenters. The van der Waals surface area contributed by atoms with Crippen LogP contribution in [-0.4, -0.2) is 32.9 Å². The maximum atomic E-state index is 11.9. The molecular formula is C15H26ClNO4Si. The van der Waals surface area contributed by atoms with Gasteiger partial charge in [0, 0.05) is 0 Å². The second-order valence-corrected chi connectivity index (χ2v) is 12.1. The molecule has 22 heavy (non-hydrogen) atoms. The number of rotatable bonds is 5. The Morgan fingerprint density at radius 3 is 2.36 bits per heavy atom. The lowest BCUT2D eigenvalue weighted by Crippen LogP contribution is -2.55. The van der Waals surface area contributed by atoms with Crippen LogP contribution in [0.25, 0.3) is 0 Å². The van der Waals surface area contributed by atoms with E-state index in [1.54, 1.807) is 6.92 Å². The van der Waals surface area contributed by atoms with E-state index in [-0.39, 0.29) is 28.7 Å². The van der Waals surface area contributed by atoms with Crippen molar-refractivity contribution in [1.29, 1.82) is 0 Å². The van der Waals surface area contributed by atoms with Crippen molar-refractivity contribution in [3.05, 3.63) is 10.7 Å². The molecule has 126 valence electrons. The van der Waals surface area contributed by atoms with Crippen LogP contribution in [-0.2, 0) is 18.8 Å². The lowest BCUT2D eigenvalue weighted by molar-refractivity contribution is -0.138. The smallest absolute Gasteiger partial charge is 0.351 e. The van der Waals surface area contributed by atoms with Gasteiger partial charge in [-0.1, -0.05) is 32.4 Å². The van der Waals surface area contributed by atoms with Crippen LogP contribution >= 0.6 is 11.6 Å². The van der Waals surface area contributed by atoms with E-state index in [0.717, 1.165) is 0 Å². The van der Waals surface area contributed by atoms with Crippen LogP contribution < -0.4 is 5.32 Å². The lowest BCUT2D eigenvalue weighted by Gasteiger charge is -2.42. The highest BCUT2D eigenvalue weighted by molar-refractivity contribution is 6.74. The number of hydrogen-bond acceptors (Lipinski definition) is 4. The Morgan fingerprint density at radius 2 is 1.95 bits per heavy atom. The van der Waals surface area contributed by atoms with E-state index in [2.05, 4.69) is 39.2 Å². The van der Waals surface area contributed by atoms with Crippen molar-refractivity contribution in [1.82, 2.24) is 5.32 Å². The van der Waals surface area contributed by atoms with E-state index in [9.17, 15) is 9.59 Å². The molecule has 1 aliphatic rings. The summed E-state index contributed by atoms with van der Waals surface area (Å²) in [6, 6.07) is 0. The summed E-state index contributed by atoms with van der Waals surface area (Å²) in [7, 11) is -2.01. The monoisotopic (exact) mass is 347 g/mol. The van der Waals surface area contributed by atoms with Gasteiger partial charge in [0.05, 0.1) is 18.4 Å². The molecule has 5 nitrogen and oxygen atoms in total. The first-order chi connectivity index (χ1) is 9.92. The highest BCUT2D eigenvalue weighted by Gasteiger charge is 2.46. The van der Waals surface area contributed by atoms with E-state index in [1.165, 1.54) is 0 Å². The summed E-state index contributed by atoms with van der Waals surface area (Å²) in [6.07, 6.45) is -0.340. The number of ether oxygens (including phenoxy) is 1. The quantitative estimate of drug-likeness (QED) is 0.359. The molecule has 2 atom stereocenters.